The molecule has 0 N–H and O–H groups in total. The SMILES string of the molecule is Fc1ccc(-c2nc3cc(-c4cccc(-c5nc(-c6ccccc6)cc(-c6ccccc6)n5)c4)ccc3c3c4ccccc4c4ccccc4c23)cc1. The molecule has 2 aromatic heterocycles. The maximum atomic E-state index is 14.2. The Labute approximate surface area is 305 Å². The minimum Gasteiger partial charge on any atom is -0.247 e. The Bertz CT molecular complexity index is 2940. The molecule has 0 saturated heterocycles. The zero-order chi connectivity index (χ0) is 35.3. The molecule has 3 nitrogen and oxygen atoms in total. The van der Waals surface area contributed by atoms with Crippen LogP contribution in [0.3, 0.4) is 0 Å². The predicted molar refractivity (Wildman–Crippen MR) is 217 cm³/mol. The average molecular weight is 680 g/mol. The van der Waals surface area contributed by atoms with Crippen LogP contribution in [0.2, 0.25) is 0 Å². The third kappa shape index (κ3) is 5.40. The normalized spacial score (nSPS) is 11.5. The lowest BCUT2D eigenvalue weighted by molar-refractivity contribution is 0.628. The third-order valence-electron chi connectivity index (χ3n) is 10.1. The summed E-state index contributed by atoms with van der Waals surface area (Å²) >= 11 is 0. The summed E-state index contributed by atoms with van der Waals surface area (Å²) in [5.74, 6) is 0.388. The summed E-state index contributed by atoms with van der Waals surface area (Å²) in [6.45, 7) is 0. The second-order valence-corrected chi connectivity index (χ2v) is 13.3. The lowest BCUT2D eigenvalue weighted by atomic mass is 9.89. The number of nitrogens with zero attached hydrogens (tertiary/aromatic N) is 3. The zero-order valence-corrected chi connectivity index (χ0v) is 28.5. The fourth-order valence-electron chi connectivity index (χ4n) is 7.60. The molecule has 248 valence electrons. The second-order valence-electron chi connectivity index (χ2n) is 13.3. The molecule has 0 radical (unpaired) electrons. The molecule has 0 aliphatic carbocycles. The molecule has 0 spiro atoms. The van der Waals surface area contributed by atoms with Crippen LogP contribution in [0.25, 0.3) is 99.5 Å². The summed E-state index contributed by atoms with van der Waals surface area (Å²) in [5, 5.41) is 7.93. The van der Waals surface area contributed by atoms with Gasteiger partial charge in [0.1, 0.15) is 5.82 Å². The summed E-state index contributed by atoms with van der Waals surface area (Å²) < 4.78 is 14.2. The number of rotatable bonds is 5. The number of hydrogen-bond acceptors (Lipinski definition) is 3. The first-order chi connectivity index (χ1) is 26.2. The van der Waals surface area contributed by atoms with Gasteiger partial charge < -0.3 is 0 Å². The van der Waals surface area contributed by atoms with Gasteiger partial charge in [0.25, 0.3) is 0 Å². The topological polar surface area (TPSA) is 38.7 Å². The Hall–Kier alpha value is -7.04. The highest BCUT2D eigenvalue weighted by atomic mass is 19.1. The first kappa shape index (κ1) is 30.8. The van der Waals surface area contributed by atoms with Crippen LogP contribution in [0, 0.1) is 5.82 Å². The summed E-state index contributed by atoms with van der Waals surface area (Å²) in [4.78, 5) is 15.5. The first-order valence-electron chi connectivity index (χ1n) is 17.7. The Morgan fingerprint density at radius 3 is 1.47 bits per heavy atom. The van der Waals surface area contributed by atoms with E-state index in [4.69, 9.17) is 15.0 Å². The smallest absolute Gasteiger partial charge is 0.160 e. The van der Waals surface area contributed by atoms with Crippen molar-refractivity contribution in [2.75, 3.05) is 0 Å². The van der Waals surface area contributed by atoms with E-state index in [1.165, 1.54) is 22.9 Å². The van der Waals surface area contributed by atoms with E-state index in [-0.39, 0.29) is 5.82 Å². The Balaban J connectivity index is 1.18. The molecule has 10 aromatic rings. The fourth-order valence-corrected chi connectivity index (χ4v) is 7.60. The van der Waals surface area contributed by atoms with Gasteiger partial charge in [-0.15, -0.1) is 0 Å². The van der Waals surface area contributed by atoms with E-state index in [9.17, 15) is 4.39 Å². The van der Waals surface area contributed by atoms with Crippen LogP contribution in [0.5, 0.6) is 0 Å². The standard InChI is InChI=1S/C49H30FN3/c50-37-25-22-33(23-26-37)48-47-41-21-10-8-19-39(41)38-18-7-9-20-40(38)46(47)42-27-24-35(29-45(42)51-48)34-16-11-17-36(28-34)49-52-43(31-12-3-1-4-13-31)30-44(53-49)32-14-5-2-6-15-32/h1-30H. The van der Waals surface area contributed by atoms with Crippen LogP contribution in [0.15, 0.2) is 182 Å². The van der Waals surface area contributed by atoms with Crippen molar-refractivity contribution in [3.63, 3.8) is 0 Å². The van der Waals surface area contributed by atoms with E-state index in [1.54, 1.807) is 0 Å². The van der Waals surface area contributed by atoms with E-state index >= 15 is 0 Å². The van der Waals surface area contributed by atoms with Gasteiger partial charge in [-0.25, -0.2) is 19.3 Å². The van der Waals surface area contributed by atoms with Gasteiger partial charge in [-0.05, 0) is 75.1 Å². The van der Waals surface area contributed by atoms with Crippen LogP contribution >= 0.6 is 0 Å². The highest BCUT2D eigenvalue weighted by molar-refractivity contribution is 6.33. The minimum atomic E-state index is -0.273. The van der Waals surface area contributed by atoms with Gasteiger partial charge in [0, 0.05) is 38.4 Å². The Morgan fingerprint density at radius 2 is 0.830 bits per heavy atom. The molecule has 0 unspecified atom stereocenters. The van der Waals surface area contributed by atoms with Crippen molar-refractivity contribution in [2.24, 2.45) is 0 Å². The van der Waals surface area contributed by atoms with Crippen molar-refractivity contribution < 1.29 is 4.39 Å². The van der Waals surface area contributed by atoms with Crippen molar-refractivity contribution in [2.45, 2.75) is 0 Å². The maximum Gasteiger partial charge on any atom is 0.160 e. The van der Waals surface area contributed by atoms with Crippen LogP contribution in [-0.2, 0) is 0 Å². The summed E-state index contributed by atoms with van der Waals surface area (Å²) in [6, 6.07) is 61.2. The molecular weight excluding hydrogens is 650 g/mol. The molecule has 10 rings (SSSR count). The van der Waals surface area contributed by atoms with Gasteiger partial charge in [-0.1, -0.05) is 140 Å². The lowest BCUT2D eigenvalue weighted by Gasteiger charge is -2.17. The van der Waals surface area contributed by atoms with Gasteiger partial charge in [0.15, 0.2) is 5.82 Å². The zero-order valence-electron chi connectivity index (χ0n) is 28.5. The predicted octanol–water partition coefficient (Wildman–Crippen LogP) is 13.0. The maximum absolute atomic E-state index is 14.2. The van der Waals surface area contributed by atoms with Gasteiger partial charge in [-0.2, -0.15) is 0 Å². The number of aromatic nitrogens is 3. The highest BCUT2D eigenvalue weighted by Crippen LogP contribution is 2.43. The number of halogens is 1. The molecule has 0 amide bonds. The number of pyridine rings is 1. The molecule has 0 fully saturated rings. The van der Waals surface area contributed by atoms with Crippen molar-refractivity contribution in [1.82, 2.24) is 15.0 Å². The van der Waals surface area contributed by atoms with E-state index in [0.717, 1.165) is 82.9 Å². The molecule has 8 aromatic carbocycles. The van der Waals surface area contributed by atoms with Gasteiger partial charge in [0.05, 0.1) is 22.6 Å². The molecule has 2 heterocycles. The quantitative estimate of drug-likeness (QED) is 0.170. The van der Waals surface area contributed by atoms with Crippen LogP contribution in [-0.4, -0.2) is 15.0 Å². The molecular formula is C49H30FN3. The van der Waals surface area contributed by atoms with Crippen LogP contribution < -0.4 is 0 Å². The lowest BCUT2D eigenvalue weighted by Crippen LogP contribution is -1.96. The van der Waals surface area contributed by atoms with Gasteiger partial charge >= 0.3 is 0 Å². The molecule has 0 aliphatic heterocycles. The van der Waals surface area contributed by atoms with Crippen molar-refractivity contribution >= 4 is 43.2 Å². The Morgan fingerprint density at radius 1 is 0.321 bits per heavy atom. The van der Waals surface area contributed by atoms with Gasteiger partial charge in [-0.3, -0.25) is 0 Å². The van der Waals surface area contributed by atoms with E-state index in [2.05, 4.69) is 121 Å². The summed E-state index contributed by atoms with van der Waals surface area (Å²) in [6.07, 6.45) is 0. The second kappa shape index (κ2) is 12.6. The molecule has 4 heteroatoms. The average Bonchev–Trinajstić information content (AvgIpc) is 3.24. The Kier molecular flexibility index (Phi) is 7.33. The van der Waals surface area contributed by atoms with E-state index in [0.29, 0.717) is 5.82 Å². The molecule has 0 aliphatic rings. The number of fused-ring (bicyclic) bond motifs is 8. The number of benzene rings is 8. The van der Waals surface area contributed by atoms with Crippen LogP contribution in [0.4, 0.5) is 4.39 Å². The molecule has 0 bridgehead atoms. The molecule has 0 atom stereocenters. The first-order valence-corrected chi connectivity index (χ1v) is 17.7. The van der Waals surface area contributed by atoms with Crippen LogP contribution in [0.1, 0.15) is 0 Å². The van der Waals surface area contributed by atoms with Gasteiger partial charge in [0.2, 0.25) is 0 Å². The van der Waals surface area contributed by atoms with E-state index < -0.39 is 0 Å². The fraction of sp³-hybridized carbons (Fsp3) is 0. The van der Waals surface area contributed by atoms with Crippen molar-refractivity contribution in [1.29, 1.82) is 0 Å². The van der Waals surface area contributed by atoms with E-state index in [1.807, 2.05) is 48.5 Å². The molecule has 53 heavy (non-hydrogen) atoms. The van der Waals surface area contributed by atoms with Crippen molar-refractivity contribution in [3.05, 3.63) is 188 Å². The monoisotopic (exact) mass is 679 g/mol. The highest BCUT2D eigenvalue weighted by Gasteiger charge is 2.18. The third-order valence-corrected chi connectivity index (χ3v) is 10.1. The minimum absolute atomic E-state index is 0.273. The number of hydrogen-bond donors (Lipinski definition) is 0. The van der Waals surface area contributed by atoms with Crippen molar-refractivity contribution in [3.8, 4) is 56.3 Å². The summed E-state index contributed by atoms with van der Waals surface area (Å²) in [7, 11) is 0. The summed E-state index contributed by atoms with van der Waals surface area (Å²) in [5.41, 5.74) is 9.38. The largest absolute Gasteiger partial charge is 0.247 e. The molecule has 0 saturated carbocycles.